The van der Waals surface area contributed by atoms with Crippen molar-refractivity contribution in [2.75, 3.05) is 11.5 Å². The third-order valence-electron chi connectivity index (χ3n) is 3.75. The van der Waals surface area contributed by atoms with E-state index >= 15 is 0 Å². The molecule has 1 rings (SSSR count). The molecule has 0 saturated heterocycles. The fourth-order valence-corrected chi connectivity index (χ4v) is 2.56. The summed E-state index contributed by atoms with van der Waals surface area (Å²) in [6.07, 6.45) is -3.53. The summed E-state index contributed by atoms with van der Waals surface area (Å²) in [7, 11) is 0. The average molecular weight is 313 g/mol. The fraction of sp³-hybridized carbons (Fsp3) is 0.600. The zero-order valence-corrected chi connectivity index (χ0v) is 13.5. The molecule has 0 aliphatic carbocycles. The maximum atomic E-state index is 10.0. The van der Waals surface area contributed by atoms with Crippen LogP contribution in [0.4, 0.5) is 11.4 Å². The molecule has 0 aromatic heterocycles. The summed E-state index contributed by atoms with van der Waals surface area (Å²) in [6.45, 7) is 6.28. The molecular weight excluding hydrogens is 286 g/mol. The van der Waals surface area contributed by atoms with Crippen LogP contribution in [-0.2, 0) is 6.54 Å². The second-order valence-corrected chi connectivity index (χ2v) is 5.65. The van der Waals surface area contributed by atoms with Crippen LogP contribution in [0.2, 0.25) is 0 Å². The summed E-state index contributed by atoms with van der Waals surface area (Å²) >= 11 is 0. The van der Waals surface area contributed by atoms with Crippen molar-refractivity contribution in [3.8, 4) is 0 Å². The van der Waals surface area contributed by atoms with Crippen molar-refractivity contribution in [3.63, 3.8) is 0 Å². The lowest BCUT2D eigenvalue weighted by atomic mass is 9.93. The molecule has 0 heterocycles. The highest BCUT2D eigenvalue weighted by Crippen LogP contribution is 2.36. The van der Waals surface area contributed by atoms with Crippen LogP contribution in [0.1, 0.15) is 56.6 Å². The lowest BCUT2D eigenvalue weighted by Crippen LogP contribution is -2.40. The molecule has 7 nitrogen and oxygen atoms in total. The summed E-state index contributed by atoms with van der Waals surface area (Å²) in [4.78, 5) is 1.40. The highest BCUT2D eigenvalue weighted by atomic mass is 16.3. The van der Waals surface area contributed by atoms with E-state index < -0.39 is 24.7 Å². The Bertz CT molecular complexity index is 508. The lowest BCUT2D eigenvalue weighted by molar-refractivity contribution is -0.0899. The predicted molar refractivity (Wildman–Crippen MR) is 85.4 cm³/mol. The van der Waals surface area contributed by atoms with Gasteiger partial charge >= 0.3 is 0 Å². The molecule has 4 atom stereocenters. The zero-order valence-electron chi connectivity index (χ0n) is 13.5. The number of aliphatic hydroxyl groups is 4. The molecule has 0 amide bonds. The van der Waals surface area contributed by atoms with Crippen molar-refractivity contribution < 1.29 is 20.4 Å². The number of anilines is 2. The zero-order chi connectivity index (χ0) is 17.2. The number of aliphatic hydroxyl groups excluding tert-OH is 4. The first kappa shape index (κ1) is 18.7. The van der Waals surface area contributed by atoms with Gasteiger partial charge in [0.1, 0.15) is 12.5 Å². The largest absolute Gasteiger partial charge is 0.398 e. The van der Waals surface area contributed by atoms with Crippen LogP contribution in [0.5, 0.6) is 0 Å². The van der Waals surface area contributed by atoms with Crippen LogP contribution >= 0.6 is 0 Å². The molecule has 0 fully saturated rings. The molecule has 0 saturated carbocycles. The topological polar surface area (TPSA) is 136 Å². The standard InChI is InChI=1S/C15H27N3O4/c1-7(19)11-5-13(16)12(14(8(2)20)15(11)17)6-18(9(3)21)10(4)22/h5,7-10,19-22H,6,16-17H2,1-4H3. The van der Waals surface area contributed by atoms with Gasteiger partial charge in [0.2, 0.25) is 0 Å². The first-order valence-corrected chi connectivity index (χ1v) is 7.26. The number of hydrogen-bond acceptors (Lipinski definition) is 7. The predicted octanol–water partition coefficient (Wildman–Crippen LogP) is 0.436. The normalized spacial score (nSPS) is 17.3. The third-order valence-corrected chi connectivity index (χ3v) is 3.75. The van der Waals surface area contributed by atoms with E-state index in [9.17, 15) is 20.4 Å². The fourth-order valence-electron chi connectivity index (χ4n) is 2.56. The number of rotatable bonds is 6. The maximum absolute atomic E-state index is 10.0. The van der Waals surface area contributed by atoms with Crippen LogP contribution in [0.3, 0.4) is 0 Å². The van der Waals surface area contributed by atoms with Gasteiger partial charge in [0, 0.05) is 29.0 Å². The van der Waals surface area contributed by atoms with Crippen LogP contribution < -0.4 is 11.5 Å². The van der Waals surface area contributed by atoms with Crippen LogP contribution in [0.15, 0.2) is 6.07 Å². The van der Waals surface area contributed by atoms with Gasteiger partial charge in [-0.2, -0.15) is 0 Å². The monoisotopic (exact) mass is 313 g/mol. The van der Waals surface area contributed by atoms with Crippen molar-refractivity contribution in [1.82, 2.24) is 4.90 Å². The van der Waals surface area contributed by atoms with Crippen molar-refractivity contribution in [3.05, 3.63) is 22.8 Å². The van der Waals surface area contributed by atoms with Crippen LogP contribution in [0.25, 0.3) is 0 Å². The smallest absolute Gasteiger partial charge is 0.106 e. The Kier molecular flexibility index (Phi) is 6.16. The Morgan fingerprint density at radius 2 is 1.45 bits per heavy atom. The van der Waals surface area contributed by atoms with E-state index in [1.54, 1.807) is 19.9 Å². The van der Waals surface area contributed by atoms with Gasteiger partial charge in [-0.15, -0.1) is 0 Å². The molecule has 8 N–H and O–H groups in total. The Morgan fingerprint density at radius 3 is 1.82 bits per heavy atom. The number of hydrogen-bond donors (Lipinski definition) is 6. The van der Waals surface area contributed by atoms with E-state index in [1.165, 1.54) is 18.7 Å². The molecule has 4 unspecified atom stereocenters. The molecule has 0 aliphatic rings. The lowest BCUT2D eigenvalue weighted by Gasteiger charge is -2.31. The SMILES string of the molecule is CC(O)c1cc(N)c(CN(C(C)O)C(C)O)c(C(C)O)c1N. The Morgan fingerprint density at radius 1 is 0.955 bits per heavy atom. The second-order valence-electron chi connectivity index (χ2n) is 5.65. The minimum Gasteiger partial charge on any atom is -0.398 e. The molecular formula is C15H27N3O4. The number of nitrogens with zero attached hydrogens (tertiary/aromatic N) is 1. The van der Waals surface area contributed by atoms with E-state index in [2.05, 4.69) is 0 Å². The molecule has 126 valence electrons. The number of nitrogens with two attached hydrogens (primary N) is 2. The Hall–Kier alpha value is -1.38. The summed E-state index contributed by atoms with van der Waals surface area (Å²) in [5.41, 5.74) is 14.1. The average Bonchev–Trinajstić information content (AvgIpc) is 2.36. The van der Waals surface area contributed by atoms with Gasteiger partial charge in [-0.1, -0.05) is 0 Å². The van der Waals surface area contributed by atoms with Crippen LogP contribution in [-0.4, -0.2) is 37.8 Å². The van der Waals surface area contributed by atoms with Crippen molar-refractivity contribution in [2.45, 2.75) is 58.9 Å². The highest BCUT2D eigenvalue weighted by Gasteiger charge is 2.24. The molecule has 1 aromatic rings. The summed E-state index contributed by atoms with van der Waals surface area (Å²) in [5.74, 6) is 0. The molecule has 0 radical (unpaired) electrons. The van der Waals surface area contributed by atoms with Gasteiger partial charge in [0.05, 0.1) is 12.2 Å². The van der Waals surface area contributed by atoms with E-state index in [0.29, 0.717) is 22.4 Å². The maximum Gasteiger partial charge on any atom is 0.106 e. The highest BCUT2D eigenvalue weighted by molar-refractivity contribution is 5.67. The molecule has 0 aliphatic heterocycles. The summed E-state index contributed by atoms with van der Waals surface area (Å²) in [5, 5.41) is 39.4. The Balaban J connectivity index is 3.44. The number of benzene rings is 1. The van der Waals surface area contributed by atoms with Gasteiger partial charge in [0.15, 0.2) is 0 Å². The van der Waals surface area contributed by atoms with Crippen molar-refractivity contribution in [1.29, 1.82) is 0 Å². The second kappa shape index (κ2) is 7.26. The minimum atomic E-state index is -0.904. The first-order chi connectivity index (χ1) is 10.1. The first-order valence-electron chi connectivity index (χ1n) is 7.26. The molecule has 1 aromatic carbocycles. The third kappa shape index (κ3) is 3.88. The Labute approximate surface area is 130 Å². The van der Waals surface area contributed by atoms with Gasteiger partial charge in [0.25, 0.3) is 0 Å². The van der Waals surface area contributed by atoms with Gasteiger partial charge in [-0.05, 0) is 39.3 Å². The van der Waals surface area contributed by atoms with E-state index in [1.807, 2.05) is 0 Å². The molecule has 22 heavy (non-hydrogen) atoms. The van der Waals surface area contributed by atoms with Gasteiger partial charge in [-0.25, -0.2) is 4.90 Å². The quantitative estimate of drug-likeness (QED) is 0.331. The van der Waals surface area contributed by atoms with Crippen molar-refractivity contribution >= 4 is 11.4 Å². The van der Waals surface area contributed by atoms with E-state index in [0.717, 1.165) is 0 Å². The minimum absolute atomic E-state index is 0.117. The summed E-state index contributed by atoms with van der Waals surface area (Å²) in [6, 6.07) is 1.56. The molecule has 0 spiro atoms. The number of nitrogen functional groups attached to an aromatic ring is 2. The van der Waals surface area contributed by atoms with Crippen LogP contribution in [0, 0.1) is 0 Å². The molecule has 0 bridgehead atoms. The van der Waals surface area contributed by atoms with E-state index in [-0.39, 0.29) is 12.2 Å². The van der Waals surface area contributed by atoms with Gasteiger partial charge < -0.3 is 31.9 Å². The summed E-state index contributed by atoms with van der Waals surface area (Å²) < 4.78 is 0. The van der Waals surface area contributed by atoms with E-state index in [4.69, 9.17) is 11.5 Å². The molecule has 7 heteroatoms. The van der Waals surface area contributed by atoms with Gasteiger partial charge in [-0.3, -0.25) is 0 Å². The van der Waals surface area contributed by atoms with Crippen molar-refractivity contribution in [2.24, 2.45) is 0 Å².